The van der Waals surface area contributed by atoms with Gasteiger partial charge < -0.3 is 9.64 Å². The number of aromatic nitrogens is 4. The molecule has 3 aromatic rings. The lowest BCUT2D eigenvalue weighted by Gasteiger charge is -2.31. The van der Waals surface area contributed by atoms with Gasteiger partial charge in [0, 0.05) is 18.7 Å². The van der Waals surface area contributed by atoms with Gasteiger partial charge in [-0.2, -0.15) is 0 Å². The number of piperidine rings is 1. The number of fused-ring (bicyclic) bond motifs is 1. The number of rotatable bonds is 5. The molecule has 32 heavy (non-hydrogen) atoms. The number of ether oxygens (including phenoxy) is 1. The fraction of sp³-hybridized carbons (Fsp3) is 0.292. The van der Waals surface area contributed by atoms with E-state index in [0.29, 0.717) is 24.5 Å². The fourth-order valence-corrected chi connectivity index (χ4v) is 4.18. The van der Waals surface area contributed by atoms with Gasteiger partial charge in [-0.3, -0.25) is 4.79 Å². The van der Waals surface area contributed by atoms with E-state index in [-0.39, 0.29) is 11.9 Å². The van der Waals surface area contributed by atoms with Crippen molar-refractivity contribution in [2.45, 2.75) is 25.9 Å². The molecule has 2 aromatic carbocycles. The second-order valence-electron chi connectivity index (χ2n) is 8.17. The Kier molecular flexibility index (Phi) is 5.49. The molecule has 0 N–H and O–H groups in total. The minimum Gasteiger partial charge on any atom is -0.457 e. The highest BCUT2D eigenvalue weighted by Gasteiger charge is 2.22. The molecular formula is C24H23N5O3. The van der Waals surface area contributed by atoms with Crippen LogP contribution in [0.2, 0.25) is 0 Å². The van der Waals surface area contributed by atoms with Gasteiger partial charge in [0.15, 0.2) is 0 Å². The van der Waals surface area contributed by atoms with Gasteiger partial charge >= 0.3 is 5.97 Å². The maximum atomic E-state index is 12.7. The number of likely N-dealkylation sites (tertiary alicyclic amines) is 1. The molecule has 0 bridgehead atoms. The number of tetrazole rings is 1. The van der Waals surface area contributed by atoms with Crippen LogP contribution in [-0.4, -0.2) is 50.1 Å². The lowest BCUT2D eigenvalue weighted by Crippen LogP contribution is -2.38. The van der Waals surface area contributed by atoms with E-state index in [2.05, 4.69) is 27.7 Å². The van der Waals surface area contributed by atoms with Crippen LogP contribution in [0, 0.1) is 5.92 Å². The lowest BCUT2D eigenvalue weighted by molar-refractivity contribution is -0.131. The Bertz CT molecular complexity index is 1150. The molecule has 0 atom stereocenters. The Morgan fingerprint density at radius 2 is 1.94 bits per heavy atom. The molecule has 8 nitrogen and oxygen atoms in total. The first-order valence-electron chi connectivity index (χ1n) is 10.7. The molecular weight excluding hydrogens is 406 g/mol. The first-order chi connectivity index (χ1) is 15.7. The average molecular weight is 429 g/mol. The van der Waals surface area contributed by atoms with Gasteiger partial charge in [0.1, 0.15) is 12.9 Å². The lowest BCUT2D eigenvalue weighted by atomic mass is 9.94. The van der Waals surface area contributed by atoms with Gasteiger partial charge in [-0.1, -0.05) is 30.4 Å². The van der Waals surface area contributed by atoms with Crippen molar-refractivity contribution in [1.29, 1.82) is 0 Å². The topological polar surface area (TPSA) is 90.2 Å². The SMILES string of the molecule is O=C1OCc2cc(C=CC3CCN(C(=O)Cc4ccc(-n5cnnn5)cc4)CC3)ccc21. The predicted molar refractivity (Wildman–Crippen MR) is 117 cm³/mol. The third-order valence-electron chi connectivity index (χ3n) is 6.07. The fourth-order valence-electron chi connectivity index (χ4n) is 4.18. The molecule has 0 unspecified atom stereocenters. The van der Waals surface area contributed by atoms with E-state index in [1.54, 1.807) is 11.0 Å². The van der Waals surface area contributed by atoms with Crippen LogP contribution in [0.15, 0.2) is 54.9 Å². The molecule has 1 aromatic heterocycles. The van der Waals surface area contributed by atoms with Gasteiger partial charge in [-0.05, 0) is 64.6 Å². The second-order valence-corrected chi connectivity index (χ2v) is 8.17. The highest BCUT2D eigenvalue weighted by molar-refractivity contribution is 5.93. The van der Waals surface area contributed by atoms with E-state index < -0.39 is 0 Å². The highest BCUT2D eigenvalue weighted by atomic mass is 16.5. The standard InChI is InChI=1S/C24H23N5O3/c30-23(14-19-3-6-21(7-4-19)29-16-25-26-27-29)28-11-9-17(10-12-28)1-2-18-5-8-22-20(13-18)15-32-24(22)31/h1-8,13,16-17H,9-12,14-15H2. The van der Waals surface area contributed by atoms with Crippen molar-refractivity contribution in [2.75, 3.05) is 13.1 Å². The summed E-state index contributed by atoms with van der Waals surface area (Å²) < 4.78 is 6.65. The molecule has 0 radical (unpaired) electrons. The van der Waals surface area contributed by atoms with Crippen LogP contribution in [0.3, 0.4) is 0 Å². The summed E-state index contributed by atoms with van der Waals surface area (Å²) >= 11 is 0. The summed E-state index contributed by atoms with van der Waals surface area (Å²) in [7, 11) is 0. The van der Waals surface area contributed by atoms with Crippen LogP contribution >= 0.6 is 0 Å². The van der Waals surface area contributed by atoms with Crippen molar-refractivity contribution >= 4 is 18.0 Å². The van der Waals surface area contributed by atoms with Crippen LogP contribution in [0.1, 0.15) is 39.9 Å². The molecule has 8 heteroatoms. The van der Waals surface area contributed by atoms with E-state index in [4.69, 9.17) is 4.74 Å². The molecule has 1 fully saturated rings. The maximum absolute atomic E-state index is 12.7. The molecule has 0 aliphatic carbocycles. The summed E-state index contributed by atoms with van der Waals surface area (Å²) in [5.41, 5.74) is 4.53. The van der Waals surface area contributed by atoms with Crippen LogP contribution < -0.4 is 0 Å². The monoisotopic (exact) mass is 429 g/mol. The molecule has 162 valence electrons. The van der Waals surface area contributed by atoms with Crippen molar-refractivity contribution < 1.29 is 14.3 Å². The van der Waals surface area contributed by atoms with E-state index >= 15 is 0 Å². The van der Waals surface area contributed by atoms with Crippen LogP contribution in [0.4, 0.5) is 0 Å². The van der Waals surface area contributed by atoms with Crippen LogP contribution in [0.25, 0.3) is 11.8 Å². The summed E-state index contributed by atoms with van der Waals surface area (Å²) in [6.45, 7) is 1.89. The summed E-state index contributed by atoms with van der Waals surface area (Å²) in [6.07, 6.45) is 8.17. The van der Waals surface area contributed by atoms with Crippen molar-refractivity contribution in [3.05, 3.63) is 77.1 Å². The summed E-state index contributed by atoms with van der Waals surface area (Å²) in [4.78, 5) is 26.3. The Labute approximate surface area is 185 Å². The van der Waals surface area contributed by atoms with Crippen LogP contribution in [0.5, 0.6) is 0 Å². The molecule has 5 rings (SSSR count). The Hall–Kier alpha value is -3.81. The third-order valence-corrected chi connectivity index (χ3v) is 6.07. The smallest absolute Gasteiger partial charge is 0.338 e. The van der Waals surface area contributed by atoms with Gasteiger partial charge in [0.25, 0.3) is 0 Å². The minimum atomic E-state index is -0.240. The average Bonchev–Trinajstić information content (AvgIpc) is 3.49. The zero-order valence-corrected chi connectivity index (χ0v) is 17.6. The zero-order chi connectivity index (χ0) is 21.9. The number of carbonyl (C=O) groups is 2. The van der Waals surface area contributed by atoms with Gasteiger partial charge in [-0.15, -0.1) is 5.10 Å². The first kappa shape index (κ1) is 20.1. The number of benzene rings is 2. The summed E-state index contributed by atoms with van der Waals surface area (Å²) in [6, 6.07) is 13.5. The number of carbonyl (C=O) groups excluding carboxylic acids is 2. The summed E-state index contributed by atoms with van der Waals surface area (Å²) in [5, 5.41) is 11.1. The van der Waals surface area contributed by atoms with E-state index in [9.17, 15) is 9.59 Å². The van der Waals surface area contributed by atoms with Crippen molar-refractivity contribution in [3.8, 4) is 5.69 Å². The van der Waals surface area contributed by atoms with Gasteiger partial charge in [0.05, 0.1) is 17.7 Å². The second kappa shape index (κ2) is 8.74. The Morgan fingerprint density at radius 3 is 2.69 bits per heavy atom. The zero-order valence-electron chi connectivity index (χ0n) is 17.6. The van der Waals surface area contributed by atoms with E-state index in [0.717, 1.165) is 48.3 Å². The predicted octanol–water partition coefficient (Wildman–Crippen LogP) is 2.83. The number of hydrogen-bond acceptors (Lipinski definition) is 6. The van der Waals surface area contributed by atoms with Crippen molar-refractivity contribution in [3.63, 3.8) is 0 Å². The summed E-state index contributed by atoms with van der Waals surface area (Å²) in [5.74, 6) is 0.364. The molecule has 0 saturated carbocycles. The van der Waals surface area contributed by atoms with Crippen molar-refractivity contribution in [2.24, 2.45) is 5.92 Å². The largest absolute Gasteiger partial charge is 0.457 e. The van der Waals surface area contributed by atoms with E-state index in [1.807, 2.05) is 47.4 Å². The number of amides is 1. The molecule has 3 heterocycles. The van der Waals surface area contributed by atoms with Gasteiger partial charge in [-0.25, -0.2) is 9.48 Å². The van der Waals surface area contributed by atoms with E-state index in [1.165, 1.54) is 0 Å². The van der Waals surface area contributed by atoms with Crippen molar-refractivity contribution in [1.82, 2.24) is 25.1 Å². The number of hydrogen-bond donors (Lipinski definition) is 0. The Balaban J connectivity index is 1.12. The molecule has 0 spiro atoms. The molecule has 1 saturated heterocycles. The molecule has 2 aliphatic heterocycles. The first-order valence-corrected chi connectivity index (χ1v) is 10.7. The molecule has 1 amide bonds. The number of nitrogens with zero attached hydrogens (tertiary/aromatic N) is 5. The minimum absolute atomic E-state index is 0.158. The maximum Gasteiger partial charge on any atom is 0.338 e. The number of cyclic esters (lactones) is 1. The highest BCUT2D eigenvalue weighted by Crippen LogP contribution is 2.24. The number of esters is 1. The van der Waals surface area contributed by atoms with Gasteiger partial charge in [0.2, 0.25) is 5.91 Å². The van der Waals surface area contributed by atoms with Crippen LogP contribution in [-0.2, 0) is 22.6 Å². The molecule has 2 aliphatic rings. The third kappa shape index (κ3) is 4.30. The quantitative estimate of drug-likeness (QED) is 0.580. The normalized spacial score (nSPS) is 16.4. The Morgan fingerprint density at radius 1 is 1.12 bits per heavy atom. The number of allylic oxidation sites excluding steroid dienone is 1.